The second kappa shape index (κ2) is 6.16. The number of aromatic nitrogens is 2. The van der Waals surface area contributed by atoms with E-state index in [-0.39, 0.29) is 11.7 Å². The molecule has 1 aromatic heterocycles. The summed E-state index contributed by atoms with van der Waals surface area (Å²) in [6, 6.07) is 1.87. The highest BCUT2D eigenvalue weighted by molar-refractivity contribution is 5.07. The molecule has 0 amide bonds. The second-order valence-corrected chi connectivity index (χ2v) is 4.72. The molecule has 0 saturated carbocycles. The molecule has 1 atom stereocenters. The smallest absolute Gasteiger partial charge is 0.299 e. The summed E-state index contributed by atoms with van der Waals surface area (Å²) in [5.74, 6) is 0. The molecule has 1 unspecified atom stereocenters. The number of nitrogens with zero attached hydrogens (tertiary/aromatic N) is 3. The van der Waals surface area contributed by atoms with E-state index < -0.39 is 0 Å². The number of rotatable bonds is 4. The first-order valence-corrected chi connectivity index (χ1v) is 6.60. The van der Waals surface area contributed by atoms with Crippen LogP contribution in [-0.4, -0.2) is 53.9 Å². The molecule has 0 aromatic carbocycles. The maximum absolute atomic E-state index is 12.0. The van der Waals surface area contributed by atoms with Crippen molar-refractivity contribution in [1.82, 2.24) is 14.5 Å². The lowest BCUT2D eigenvalue weighted by Gasteiger charge is -2.32. The quantitative estimate of drug-likeness (QED) is 0.784. The van der Waals surface area contributed by atoms with E-state index in [0.717, 1.165) is 19.6 Å². The topological polar surface area (TPSA) is 56.6 Å². The molecule has 6 nitrogen and oxygen atoms in total. The van der Waals surface area contributed by atoms with Gasteiger partial charge in [-0.2, -0.15) is 0 Å². The molecule has 1 saturated heterocycles. The Kier molecular flexibility index (Phi) is 4.55. The zero-order chi connectivity index (χ0) is 13.8. The van der Waals surface area contributed by atoms with Gasteiger partial charge in [0.2, 0.25) is 0 Å². The van der Waals surface area contributed by atoms with Crippen LogP contribution in [0.5, 0.6) is 6.01 Å². The molecule has 0 bridgehead atoms. The molecule has 106 valence electrons. The van der Waals surface area contributed by atoms with E-state index in [9.17, 15) is 4.79 Å². The largest absolute Gasteiger partial charge is 0.468 e. The predicted molar refractivity (Wildman–Crippen MR) is 71.6 cm³/mol. The molecule has 1 aromatic rings. The Morgan fingerprint density at radius 2 is 2.37 bits per heavy atom. The van der Waals surface area contributed by atoms with Crippen molar-refractivity contribution in [2.45, 2.75) is 26.5 Å². The molecule has 2 rings (SSSR count). The first-order valence-electron chi connectivity index (χ1n) is 6.60. The van der Waals surface area contributed by atoms with E-state index in [0.29, 0.717) is 24.9 Å². The highest BCUT2D eigenvalue weighted by Crippen LogP contribution is 2.10. The number of aryl methyl sites for hydroxylation is 1. The molecule has 0 radical (unpaired) electrons. The molecule has 1 fully saturated rings. The summed E-state index contributed by atoms with van der Waals surface area (Å²) in [6.07, 6.45) is 0.00445. The van der Waals surface area contributed by atoms with E-state index in [1.165, 1.54) is 17.7 Å². The standard InChI is InChI=1S/C13H21N3O3/c1-4-15-5-6-19-11(8-15)9-16-12(17)7-10(2)14-13(16)18-3/h7,11H,4-6,8-9H2,1-3H3. The number of methoxy groups -OCH3 is 1. The van der Waals surface area contributed by atoms with Gasteiger partial charge in [0, 0.05) is 24.8 Å². The number of ether oxygens (including phenoxy) is 2. The minimum Gasteiger partial charge on any atom is -0.468 e. The van der Waals surface area contributed by atoms with Gasteiger partial charge in [-0.15, -0.1) is 0 Å². The molecule has 19 heavy (non-hydrogen) atoms. The summed E-state index contributed by atoms with van der Waals surface area (Å²) in [5.41, 5.74) is 0.569. The highest BCUT2D eigenvalue weighted by atomic mass is 16.5. The average Bonchev–Trinajstić information content (AvgIpc) is 2.41. The van der Waals surface area contributed by atoms with E-state index in [2.05, 4.69) is 16.8 Å². The van der Waals surface area contributed by atoms with Crippen LogP contribution in [0, 0.1) is 6.92 Å². The maximum atomic E-state index is 12.0. The van der Waals surface area contributed by atoms with Crippen molar-refractivity contribution in [3.05, 3.63) is 22.1 Å². The van der Waals surface area contributed by atoms with Crippen molar-refractivity contribution in [2.75, 3.05) is 33.4 Å². The summed E-state index contributed by atoms with van der Waals surface area (Å²) in [6.45, 7) is 7.87. The van der Waals surface area contributed by atoms with Crippen LogP contribution in [0.4, 0.5) is 0 Å². The van der Waals surface area contributed by atoms with Crippen molar-refractivity contribution < 1.29 is 9.47 Å². The van der Waals surface area contributed by atoms with Crippen LogP contribution < -0.4 is 10.3 Å². The van der Waals surface area contributed by atoms with Gasteiger partial charge in [-0.1, -0.05) is 6.92 Å². The van der Waals surface area contributed by atoms with E-state index in [4.69, 9.17) is 9.47 Å². The van der Waals surface area contributed by atoms with Gasteiger partial charge in [-0.05, 0) is 13.5 Å². The van der Waals surface area contributed by atoms with Crippen LogP contribution in [0.1, 0.15) is 12.6 Å². The lowest BCUT2D eigenvalue weighted by Crippen LogP contribution is -2.45. The third kappa shape index (κ3) is 3.33. The summed E-state index contributed by atoms with van der Waals surface area (Å²) < 4.78 is 12.4. The third-order valence-corrected chi connectivity index (χ3v) is 3.34. The molecule has 0 spiro atoms. The number of hydrogen-bond donors (Lipinski definition) is 0. The van der Waals surface area contributed by atoms with Crippen molar-refractivity contribution in [2.24, 2.45) is 0 Å². The third-order valence-electron chi connectivity index (χ3n) is 3.34. The fraction of sp³-hybridized carbons (Fsp3) is 0.692. The monoisotopic (exact) mass is 267 g/mol. The molecule has 1 aliphatic heterocycles. The van der Waals surface area contributed by atoms with Gasteiger partial charge < -0.3 is 9.47 Å². The number of morpholine rings is 1. The van der Waals surface area contributed by atoms with Gasteiger partial charge in [-0.25, -0.2) is 4.98 Å². The maximum Gasteiger partial charge on any atom is 0.299 e. The van der Waals surface area contributed by atoms with Gasteiger partial charge >= 0.3 is 0 Å². The minimum atomic E-state index is -0.0958. The lowest BCUT2D eigenvalue weighted by molar-refractivity contribution is -0.0357. The lowest BCUT2D eigenvalue weighted by atomic mass is 10.2. The summed E-state index contributed by atoms with van der Waals surface area (Å²) in [7, 11) is 1.53. The normalized spacial score (nSPS) is 20.5. The average molecular weight is 267 g/mol. The first kappa shape index (κ1) is 14.0. The Morgan fingerprint density at radius 3 is 3.05 bits per heavy atom. The van der Waals surface area contributed by atoms with Crippen LogP contribution >= 0.6 is 0 Å². The van der Waals surface area contributed by atoms with Gasteiger partial charge in [-0.3, -0.25) is 14.3 Å². The molecule has 0 aliphatic carbocycles. The van der Waals surface area contributed by atoms with Crippen molar-refractivity contribution in [3.63, 3.8) is 0 Å². The Balaban J connectivity index is 2.16. The Hall–Kier alpha value is -1.40. The highest BCUT2D eigenvalue weighted by Gasteiger charge is 2.21. The fourth-order valence-electron chi connectivity index (χ4n) is 2.30. The Bertz CT molecular complexity index is 487. The first-order chi connectivity index (χ1) is 9.13. The van der Waals surface area contributed by atoms with Gasteiger partial charge in [0.1, 0.15) is 0 Å². The van der Waals surface area contributed by atoms with E-state index in [1.54, 1.807) is 6.92 Å². The van der Waals surface area contributed by atoms with Crippen molar-refractivity contribution >= 4 is 0 Å². The van der Waals surface area contributed by atoms with Crippen molar-refractivity contribution in [3.8, 4) is 6.01 Å². The molecular weight excluding hydrogens is 246 g/mol. The van der Waals surface area contributed by atoms with Crippen LogP contribution in [-0.2, 0) is 11.3 Å². The molecule has 1 aliphatic rings. The summed E-state index contributed by atoms with van der Waals surface area (Å²) in [5, 5.41) is 0. The predicted octanol–water partition coefficient (Wildman–Crippen LogP) is 0.281. The summed E-state index contributed by atoms with van der Waals surface area (Å²) in [4.78, 5) is 18.6. The Labute approximate surface area is 113 Å². The zero-order valence-electron chi connectivity index (χ0n) is 11.8. The number of likely N-dealkylation sites (N-methyl/N-ethyl adjacent to an activating group) is 1. The molecule has 6 heteroatoms. The van der Waals surface area contributed by atoms with E-state index in [1.807, 2.05) is 0 Å². The van der Waals surface area contributed by atoms with Crippen LogP contribution in [0.3, 0.4) is 0 Å². The minimum absolute atomic E-state index is 0.00445. The van der Waals surface area contributed by atoms with Crippen molar-refractivity contribution in [1.29, 1.82) is 0 Å². The fourth-order valence-corrected chi connectivity index (χ4v) is 2.30. The van der Waals surface area contributed by atoms with Gasteiger partial charge in [0.25, 0.3) is 11.6 Å². The van der Waals surface area contributed by atoms with Gasteiger partial charge in [0.15, 0.2) is 0 Å². The summed E-state index contributed by atoms with van der Waals surface area (Å²) >= 11 is 0. The van der Waals surface area contributed by atoms with Gasteiger partial charge in [0.05, 0.1) is 26.4 Å². The SMILES string of the molecule is CCN1CCOC(Cn2c(OC)nc(C)cc2=O)C1. The molecular formula is C13H21N3O3. The second-order valence-electron chi connectivity index (χ2n) is 4.72. The van der Waals surface area contributed by atoms with E-state index >= 15 is 0 Å². The molecule has 2 heterocycles. The van der Waals surface area contributed by atoms with Crippen LogP contribution in [0.15, 0.2) is 10.9 Å². The van der Waals surface area contributed by atoms with Crippen LogP contribution in [0.25, 0.3) is 0 Å². The van der Waals surface area contributed by atoms with Crippen LogP contribution in [0.2, 0.25) is 0 Å². The molecule has 0 N–H and O–H groups in total. The number of hydrogen-bond acceptors (Lipinski definition) is 5. The Morgan fingerprint density at radius 1 is 1.58 bits per heavy atom. The zero-order valence-corrected chi connectivity index (χ0v) is 11.8.